The molecule has 0 spiro atoms. The van der Waals surface area contributed by atoms with E-state index in [1.54, 1.807) is 24.3 Å². The van der Waals surface area contributed by atoms with Gasteiger partial charge < -0.3 is 14.2 Å². The lowest BCUT2D eigenvalue weighted by Crippen LogP contribution is -2.13. The van der Waals surface area contributed by atoms with Gasteiger partial charge in [0.25, 0.3) is 0 Å². The molecule has 2 unspecified atom stereocenters. The van der Waals surface area contributed by atoms with Crippen LogP contribution in [-0.2, 0) is 4.74 Å². The van der Waals surface area contributed by atoms with Crippen molar-refractivity contribution in [3.8, 4) is 33.8 Å². The van der Waals surface area contributed by atoms with E-state index >= 15 is 0 Å². The van der Waals surface area contributed by atoms with E-state index in [0.29, 0.717) is 22.6 Å². The molecule has 0 aromatic heterocycles. The van der Waals surface area contributed by atoms with E-state index in [1.165, 1.54) is 0 Å². The molecule has 7 heteroatoms. The second-order valence-corrected chi connectivity index (χ2v) is 16.3. The van der Waals surface area contributed by atoms with E-state index in [9.17, 15) is 9.59 Å². The zero-order chi connectivity index (χ0) is 42.0. The van der Waals surface area contributed by atoms with Gasteiger partial charge in [0.2, 0.25) is 0 Å². The van der Waals surface area contributed by atoms with Gasteiger partial charge in [-0.15, -0.1) is 0 Å². The summed E-state index contributed by atoms with van der Waals surface area (Å²) in [5.74, 6) is 1.11. The molecule has 61 heavy (non-hydrogen) atoms. The normalized spacial score (nSPS) is 12.0. The molecule has 0 bridgehead atoms. The summed E-state index contributed by atoms with van der Waals surface area (Å²) < 4.78 is 20.7. The average molecular weight is 929 g/mol. The molecule has 0 fully saturated rings. The van der Waals surface area contributed by atoms with Gasteiger partial charge in [0.15, 0.2) is 24.8 Å². The van der Waals surface area contributed by atoms with Crippen molar-refractivity contribution in [2.45, 2.75) is 12.2 Å². The largest absolute Gasteiger partial charge is 0.485 e. The van der Waals surface area contributed by atoms with E-state index in [0.717, 1.165) is 53.5 Å². The molecule has 0 amide bonds. The van der Waals surface area contributed by atoms with Crippen LogP contribution in [0.25, 0.3) is 22.3 Å². The number of hydrogen-bond donors (Lipinski definition) is 0. The van der Waals surface area contributed by atoms with Gasteiger partial charge in [-0.1, -0.05) is 190 Å². The van der Waals surface area contributed by atoms with Gasteiger partial charge in [0, 0.05) is 20.1 Å². The quantitative estimate of drug-likeness (QED) is 0.0904. The van der Waals surface area contributed by atoms with Crippen LogP contribution in [0.5, 0.6) is 11.5 Å². The number of ether oxygens (including phenoxy) is 3. The van der Waals surface area contributed by atoms with Crippen LogP contribution in [-0.4, -0.2) is 24.8 Å². The molecule has 8 aromatic rings. The Morgan fingerprint density at radius 2 is 0.656 bits per heavy atom. The van der Waals surface area contributed by atoms with Crippen LogP contribution in [0.3, 0.4) is 0 Å². The zero-order valence-corrected chi connectivity index (χ0v) is 36.2. The zero-order valence-electron chi connectivity index (χ0n) is 33.0. The van der Waals surface area contributed by atoms with Crippen molar-refractivity contribution in [1.82, 2.24) is 0 Å². The number of carbonyl (C=O) groups excluding carboxylic acids is 2. The highest BCUT2D eigenvalue weighted by Gasteiger charge is 2.24. The Morgan fingerprint density at radius 3 is 0.984 bits per heavy atom. The van der Waals surface area contributed by atoms with Crippen molar-refractivity contribution in [1.29, 1.82) is 0 Å². The molecule has 8 aromatic carbocycles. The maximum Gasteiger partial charge on any atom is 0.200 e. The van der Waals surface area contributed by atoms with Crippen molar-refractivity contribution in [3.05, 3.63) is 249 Å². The molecule has 0 aliphatic rings. The summed E-state index contributed by atoms with van der Waals surface area (Å²) in [5.41, 5.74) is 9.55. The van der Waals surface area contributed by atoms with Crippen LogP contribution in [0.1, 0.15) is 55.2 Å². The first-order valence-electron chi connectivity index (χ1n) is 19.9. The summed E-state index contributed by atoms with van der Waals surface area (Å²) in [4.78, 5) is 25.2. The Hall–Kier alpha value is -6.38. The molecular weight excluding hydrogens is 888 g/mol. The van der Waals surface area contributed by atoms with Crippen LogP contribution in [0, 0.1) is 0 Å². The third kappa shape index (κ3) is 10.7. The number of benzene rings is 8. The SMILES string of the molecule is O=C(COc1ccc(-c2ccc(C(OC(c3ccccc3)c3ccc(-c4ccc(OCC(=O)c5ccc(Br)cc5)cc4)cc3)c3ccccc3)cc2)cc1)c1ccc(Br)cc1. The van der Waals surface area contributed by atoms with E-state index in [1.807, 2.05) is 109 Å². The molecule has 8 rings (SSSR count). The van der Waals surface area contributed by atoms with Gasteiger partial charge in [-0.3, -0.25) is 9.59 Å². The van der Waals surface area contributed by atoms with Gasteiger partial charge in [0.1, 0.15) is 23.7 Å². The second kappa shape index (κ2) is 19.8. The fourth-order valence-corrected chi connectivity index (χ4v) is 7.54. The minimum Gasteiger partial charge on any atom is -0.485 e. The topological polar surface area (TPSA) is 61.8 Å². The highest BCUT2D eigenvalue weighted by atomic mass is 79.9. The van der Waals surface area contributed by atoms with E-state index in [-0.39, 0.29) is 37.0 Å². The molecule has 5 nitrogen and oxygen atoms in total. The molecule has 300 valence electrons. The Morgan fingerprint density at radius 1 is 0.361 bits per heavy atom. The predicted molar refractivity (Wildman–Crippen MR) is 249 cm³/mol. The number of halogens is 2. The van der Waals surface area contributed by atoms with Crippen LogP contribution in [0.15, 0.2) is 215 Å². The number of rotatable bonds is 16. The first-order valence-corrected chi connectivity index (χ1v) is 21.4. The van der Waals surface area contributed by atoms with Crippen molar-refractivity contribution < 1.29 is 23.8 Å². The van der Waals surface area contributed by atoms with Crippen molar-refractivity contribution in [2.75, 3.05) is 13.2 Å². The van der Waals surface area contributed by atoms with Crippen molar-refractivity contribution in [3.63, 3.8) is 0 Å². The lowest BCUT2D eigenvalue weighted by atomic mass is 9.95. The Kier molecular flexibility index (Phi) is 13.4. The molecule has 0 radical (unpaired) electrons. The molecule has 0 saturated heterocycles. The molecular formula is C54H40Br2O5. The molecule has 0 aliphatic carbocycles. The van der Waals surface area contributed by atoms with Crippen molar-refractivity contribution in [2.24, 2.45) is 0 Å². The van der Waals surface area contributed by atoms with Gasteiger partial charge in [0.05, 0.1) is 0 Å². The standard InChI is InChI=1S/C54H40Br2O5/c55-47-27-19-41(20-28-47)51(57)35-59-49-31-23-39(24-32-49)37-11-15-45(16-12-37)53(43-7-3-1-4-8-43)61-54(44-9-5-2-6-10-44)46-17-13-38(14-18-46)40-25-33-50(34-26-40)60-36-52(58)42-21-29-48(56)30-22-42/h1-34,53-54H,35-36H2. The van der Waals surface area contributed by atoms with E-state index < -0.39 is 0 Å². The average Bonchev–Trinajstić information content (AvgIpc) is 3.32. The Balaban J connectivity index is 0.972. The monoisotopic (exact) mass is 926 g/mol. The predicted octanol–water partition coefficient (Wildman–Crippen LogP) is 14.0. The summed E-state index contributed by atoms with van der Waals surface area (Å²) in [6, 6.07) is 67.7. The summed E-state index contributed by atoms with van der Waals surface area (Å²) in [5, 5.41) is 0. The summed E-state index contributed by atoms with van der Waals surface area (Å²) in [7, 11) is 0. The fraction of sp³-hybridized carbons (Fsp3) is 0.0741. The van der Waals surface area contributed by atoms with Crippen molar-refractivity contribution >= 4 is 43.4 Å². The van der Waals surface area contributed by atoms with E-state index in [4.69, 9.17) is 14.2 Å². The van der Waals surface area contributed by atoms with Crippen LogP contribution in [0.2, 0.25) is 0 Å². The highest BCUT2D eigenvalue weighted by Crippen LogP contribution is 2.38. The van der Waals surface area contributed by atoms with Gasteiger partial charge >= 0.3 is 0 Å². The highest BCUT2D eigenvalue weighted by molar-refractivity contribution is 9.10. The second-order valence-electron chi connectivity index (χ2n) is 14.4. The lowest BCUT2D eigenvalue weighted by Gasteiger charge is -2.27. The van der Waals surface area contributed by atoms with Gasteiger partial charge in [-0.05, 0) is 93.0 Å². The lowest BCUT2D eigenvalue weighted by molar-refractivity contribution is 0.0309. The first kappa shape index (κ1) is 41.4. The minimum atomic E-state index is -0.359. The summed E-state index contributed by atoms with van der Waals surface area (Å²) >= 11 is 6.81. The number of carbonyl (C=O) groups is 2. The molecule has 2 atom stereocenters. The maximum absolute atomic E-state index is 12.6. The van der Waals surface area contributed by atoms with Gasteiger partial charge in [-0.2, -0.15) is 0 Å². The molecule has 0 saturated carbocycles. The Labute approximate surface area is 372 Å². The van der Waals surface area contributed by atoms with E-state index in [2.05, 4.69) is 105 Å². The number of ketones is 2. The fourth-order valence-electron chi connectivity index (χ4n) is 7.01. The third-order valence-corrected chi connectivity index (χ3v) is 11.4. The third-order valence-electron chi connectivity index (χ3n) is 10.4. The van der Waals surface area contributed by atoms with Crippen LogP contribution >= 0.6 is 31.9 Å². The summed E-state index contributed by atoms with van der Waals surface area (Å²) in [6.07, 6.45) is -0.718. The first-order chi connectivity index (χ1) is 29.9. The van der Waals surface area contributed by atoms with Crippen LogP contribution in [0.4, 0.5) is 0 Å². The Bertz CT molecular complexity index is 2480. The summed E-state index contributed by atoms with van der Waals surface area (Å²) in [6.45, 7) is -0.0669. The number of hydrogen-bond acceptors (Lipinski definition) is 5. The smallest absolute Gasteiger partial charge is 0.200 e. The maximum atomic E-state index is 12.6. The molecule has 0 heterocycles. The molecule has 0 N–H and O–H groups in total. The van der Waals surface area contributed by atoms with Gasteiger partial charge in [-0.25, -0.2) is 0 Å². The molecule has 0 aliphatic heterocycles. The minimum absolute atomic E-state index is 0.0335. The number of Topliss-reactive ketones (excluding diaryl/α,β-unsaturated/α-hetero) is 2. The van der Waals surface area contributed by atoms with Crippen LogP contribution < -0.4 is 9.47 Å².